The fourth-order valence-electron chi connectivity index (χ4n) is 1.85. The maximum absolute atomic E-state index is 13.4. The topological polar surface area (TPSA) is 12.0 Å². The second-order valence-electron chi connectivity index (χ2n) is 5.30. The first-order valence-corrected chi connectivity index (χ1v) is 6.69. The molecule has 0 aliphatic heterocycles. The summed E-state index contributed by atoms with van der Waals surface area (Å²) in [6.07, 6.45) is 1.97. The van der Waals surface area contributed by atoms with Crippen LogP contribution in [0, 0.1) is 17.0 Å². The Bertz CT molecular complexity index is 380. The second-order valence-corrected chi connectivity index (χ2v) is 5.67. The van der Waals surface area contributed by atoms with Crippen molar-refractivity contribution in [2.75, 3.05) is 12.4 Å². The number of rotatable bonds is 7. The molecule has 0 aromatic heterocycles. The van der Waals surface area contributed by atoms with Crippen molar-refractivity contribution in [3.8, 4) is 0 Å². The molecule has 1 aromatic carbocycles. The molecule has 102 valence electrons. The lowest BCUT2D eigenvalue weighted by Crippen LogP contribution is -2.29. The van der Waals surface area contributed by atoms with Crippen molar-refractivity contribution in [3.63, 3.8) is 0 Å². The zero-order valence-corrected chi connectivity index (χ0v) is 11.7. The van der Waals surface area contributed by atoms with Gasteiger partial charge in [-0.2, -0.15) is 0 Å². The molecular formula is C14H20ClF2N. The van der Waals surface area contributed by atoms with Gasteiger partial charge in [-0.25, -0.2) is 8.78 Å². The van der Waals surface area contributed by atoms with Crippen LogP contribution in [-0.4, -0.2) is 12.4 Å². The third kappa shape index (κ3) is 5.32. The van der Waals surface area contributed by atoms with Crippen molar-refractivity contribution in [1.82, 2.24) is 5.32 Å². The molecule has 1 aromatic rings. The lowest BCUT2D eigenvalue weighted by atomic mass is 9.88. The minimum atomic E-state index is -0.408. The van der Waals surface area contributed by atoms with Gasteiger partial charge in [-0.15, -0.1) is 11.6 Å². The number of benzene rings is 1. The highest BCUT2D eigenvalue weighted by molar-refractivity contribution is 6.17. The van der Waals surface area contributed by atoms with Gasteiger partial charge in [-0.3, -0.25) is 0 Å². The number of hydrogen-bond donors (Lipinski definition) is 1. The summed E-state index contributed by atoms with van der Waals surface area (Å²) >= 11 is 5.66. The van der Waals surface area contributed by atoms with Crippen molar-refractivity contribution in [2.24, 2.45) is 5.41 Å². The summed E-state index contributed by atoms with van der Waals surface area (Å²) in [4.78, 5) is 0. The molecule has 1 N–H and O–H groups in total. The molecule has 0 amide bonds. The summed E-state index contributed by atoms with van der Waals surface area (Å²) in [5, 5.41) is 3.17. The van der Waals surface area contributed by atoms with E-state index in [1.165, 1.54) is 6.07 Å². The van der Waals surface area contributed by atoms with Crippen LogP contribution >= 0.6 is 11.6 Å². The first kappa shape index (κ1) is 15.4. The van der Waals surface area contributed by atoms with E-state index in [4.69, 9.17) is 11.6 Å². The molecule has 0 unspecified atom stereocenters. The molecule has 0 atom stereocenters. The smallest absolute Gasteiger partial charge is 0.127 e. The molecular weight excluding hydrogens is 256 g/mol. The van der Waals surface area contributed by atoms with Gasteiger partial charge in [0, 0.05) is 24.5 Å². The Kier molecular flexibility index (Phi) is 6.03. The Morgan fingerprint density at radius 1 is 1.28 bits per heavy atom. The van der Waals surface area contributed by atoms with Gasteiger partial charge in [0.2, 0.25) is 0 Å². The van der Waals surface area contributed by atoms with Gasteiger partial charge in [-0.05, 0) is 36.5 Å². The SMILES string of the molecule is CC(C)(CCCCl)CNCc1cc(F)ccc1F. The zero-order chi connectivity index (χ0) is 13.6. The van der Waals surface area contributed by atoms with Crippen LogP contribution in [0.15, 0.2) is 18.2 Å². The van der Waals surface area contributed by atoms with E-state index in [0.29, 0.717) is 18.0 Å². The van der Waals surface area contributed by atoms with Crippen LogP contribution in [0.2, 0.25) is 0 Å². The standard InChI is InChI=1S/C14H20ClF2N/c1-14(2,6-3-7-15)10-18-9-11-8-12(16)4-5-13(11)17/h4-5,8,18H,3,6-7,9-10H2,1-2H3. The first-order valence-electron chi connectivity index (χ1n) is 6.15. The predicted octanol–water partition coefficient (Wildman–Crippen LogP) is 4.10. The average Bonchev–Trinajstić information content (AvgIpc) is 2.31. The summed E-state index contributed by atoms with van der Waals surface area (Å²) in [6, 6.07) is 3.52. The summed E-state index contributed by atoms with van der Waals surface area (Å²) < 4.78 is 26.3. The molecule has 0 heterocycles. The number of alkyl halides is 1. The third-order valence-corrected chi connectivity index (χ3v) is 3.18. The highest BCUT2D eigenvalue weighted by Crippen LogP contribution is 2.21. The summed E-state index contributed by atoms with van der Waals surface area (Å²) in [7, 11) is 0. The maximum atomic E-state index is 13.4. The number of hydrogen-bond acceptors (Lipinski definition) is 1. The van der Waals surface area contributed by atoms with E-state index in [2.05, 4.69) is 19.2 Å². The second kappa shape index (κ2) is 7.05. The molecule has 0 fully saturated rings. The molecule has 0 aliphatic rings. The molecule has 1 rings (SSSR count). The van der Waals surface area contributed by atoms with Gasteiger partial charge in [0.25, 0.3) is 0 Å². The molecule has 0 aliphatic carbocycles. The maximum Gasteiger partial charge on any atom is 0.127 e. The Hall–Kier alpha value is -0.670. The van der Waals surface area contributed by atoms with Crippen LogP contribution in [-0.2, 0) is 6.54 Å². The van der Waals surface area contributed by atoms with E-state index in [1.54, 1.807) is 0 Å². The van der Waals surface area contributed by atoms with E-state index in [9.17, 15) is 8.78 Å². The Labute approximate surface area is 113 Å². The summed E-state index contributed by atoms with van der Waals surface area (Å²) in [5.74, 6) is -0.126. The Morgan fingerprint density at radius 3 is 2.67 bits per heavy atom. The lowest BCUT2D eigenvalue weighted by molar-refractivity contribution is 0.310. The minimum Gasteiger partial charge on any atom is -0.312 e. The molecule has 18 heavy (non-hydrogen) atoms. The van der Waals surface area contributed by atoms with Crippen molar-refractivity contribution in [2.45, 2.75) is 33.2 Å². The van der Waals surface area contributed by atoms with Gasteiger partial charge in [0.05, 0.1) is 0 Å². The van der Waals surface area contributed by atoms with Crippen molar-refractivity contribution < 1.29 is 8.78 Å². The van der Waals surface area contributed by atoms with Crippen LogP contribution < -0.4 is 5.32 Å². The fourth-order valence-corrected chi connectivity index (χ4v) is 1.98. The Balaban J connectivity index is 2.43. The number of nitrogens with one attached hydrogen (secondary N) is 1. The molecule has 0 saturated carbocycles. The molecule has 0 spiro atoms. The normalized spacial score (nSPS) is 11.8. The quantitative estimate of drug-likeness (QED) is 0.739. The van der Waals surface area contributed by atoms with Crippen molar-refractivity contribution in [3.05, 3.63) is 35.4 Å². The molecule has 4 heteroatoms. The van der Waals surface area contributed by atoms with E-state index in [1.807, 2.05) is 0 Å². The first-order chi connectivity index (χ1) is 8.44. The van der Waals surface area contributed by atoms with Crippen LogP contribution in [0.25, 0.3) is 0 Å². The monoisotopic (exact) mass is 275 g/mol. The van der Waals surface area contributed by atoms with Crippen LogP contribution in [0.1, 0.15) is 32.3 Å². The van der Waals surface area contributed by atoms with Crippen molar-refractivity contribution >= 4 is 11.6 Å². The van der Waals surface area contributed by atoms with Gasteiger partial charge >= 0.3 is 0 Å². The van der Waals surface area contributed by atoms with Crippen LogP contribution in [0.5, 0.6) is 0 Å². The fraction of sp³-hybridized carbons (Fsp3) is 0.571. The van der Waals surface area contributed by atoms with E-state index in [0.717, 1.165) is 31.5 Å². The average molecular weight is 276 g/mol. The van der Waals surface area contributed by atoms with E-state index in [-0.39, 0.29) is 11.2 Å². The Morgan fingerprint density at radius 2 is 2.00 bits per heavy atom. The number of halogens is 3. The molecule has 0 saturated heterocycles. The molecule has 1 nitrogen and oxygen atoms in total. The van der Waals surface area contributed by atoms with Crippen LogP contribution in [0.3, 0.4) is 0 Å². The zero-order valence-electron chi connectivity index (χ0n) is 10.9. The summed E-state index contributed by atoms with van der Waals surface area (Å²) in [6.45, 7) is 5.36. The van der Waals surface area contributed by atoms with Gasteiger partial charge in [0.1, 0.15) is 11.6 Å². The highest BCUT2D eigenvalue weighted by atomic mass is 35.5. The highest BCUT2D eigenvalue weighted by Gasteiger charge is 2.16. The minimum absolute atomic E-state index is 0.110. The third-order valence-electron chi connectivity index (χ3n) is 2.91. The van der Waals surface area contributed by atoms with Crippen LogP contribution in [0.4, 0.5) is 8.78 Å². The molecule has 0 bridgehead atoms. The van der Waals surface area contributed by atoms with Crippen molar-refractivity contribution in [1.29, 1.82) is 0 Å². The predicted molar refractivity (Wildman–Crippen MR) is 71.8 cm³/mol. The largest absolute Gasteiger partial charge is 0.312 e. The molecule has 0 radical (unpaired) electrons. The summed E-state index contributed by atoms with van der Waals surface area (Å²) in [5.41, 5.74) is 0.474. The van der Waals surface area contributed by atoms with Gasteiger partial charge in [0.15, 0.2) is 0 Å². The lowest BCUT2D eigenvalue weighted by Gasteiger charge is -2.24. The van der Waals surface area contributed by atoms with Gasteiger partial charge < -0.3 is 5.32 Å². The van der Waals surface area contributed by atoms with E-state index >= 15 is 0 Å². The van der Waals surface area contributed by atoms with E-state index < -0.39 is 5.82 Å². The van der Waals surface area contributed by atoms with Gasteiger partial charge in [-0.1, -0.05) is 13.8 Å².